The van der Waals surface area contributed by atoms with Crippen LogP contribution in [0.2, 0.25) is 0 Å². The minimum atomic E-state index is 0.612. The van der Waals surface area contributed by atoms with Crippen LogP contribution in [-0.4, -0.2) is 53.5 Å². The molecule has 0 unspecified atom stereocenters. The van der Waals surface area contributed by atoms with Crippen molar-refractivity contribution in [3.63, 3.8) is 0 Å². The predicted molar refractivity (Wildman–Crippen MR) is 112 cm³/mol. The molecule has 0 amide bonds. The van der Waals surface area contributed by atoms with Crippen molar-refractivity contribution >= 4 is 28.7 Å². The Hall–Kier alpha value is -2.67. The molecule has 7 heteroatoms. The first-order valence-electron chi connectivity index (χ1n) is 9.22. The first-order chi connectivity index (χ1) is 13.2. The third-order valence-corrected chi connectivity index (χ3v) is 5.24. The van der Waals surface area contributed by atoms with Gasteiger partial charge in [0.25, 0.3) is 0 Å². The number of piperazine rings is 1. The van der Waals surface area contributed by atoms with Gasteiger partial charge in [-0.3, -0.25) is 10.4 Å². The van der Waals surface area contributed by atoms with E-state index in [1.54, 1.807) is 6.20 Å². The molecule has 1 aromatic heterocycles. The van der Waals surface area contributed by atoms with Gasteiger partial charge >= 0.3 is 0 Å². The third-order valence-electron chi connectivity index (χ3n) is 4.89. The van der Waals surface area contributed by atoms with Crippen molar-refractivity contribution in [2.24, 2.45) is 5.10 Å². The molecule has 4 rings (SSSR count). The van der Waals surface area contributed by atoms with Crippen molar-refractivity contribution in [2.45, 2.75) is 13.3 Å². The fourth-order valence-electron chi connectivity index (χ4n) is 3.32. The molecule has 0 bridgehead atoms. The van der Waals surface area contributed by atoms with Crippen LogP contribution in [0.15, 0.2) is 47.7 Å². The zero-order chi connectivity index (χ0) is 18.6. The highest BCUT2D eigenvalue weighted by Crippen LogP contribution is 2.22. The summed E-state index contributed by atoms with van der Waals surface area (Å²) < 4.78 is 5.62. The van der Waals surface area contributed by atoms with Gasteiger partial charge in [0.15, 0.2) is 5.11 Å². The summed E-state index contributed by atoms with van der Waals surface area (Å²) in [5, 5.41) is 5.18. The highest BCUT2D eigenvalue weighted by atomic mass is 32.1. The molecule has 3 heterocycles. The number of fused-ring (bicyclic) bond motifs is 1. The second-order valence-corrected chi connectivity index (χ2v) is 7.12. The Morgan fingerprint density at radius 2 is 1.93 bits per heavy atom. The maximum Gasteiger partial charge on any atom is 0.189 e. The van der Waals surface area contributed by atoms with E-state index in [0.29, 0.717) is 11.7 Å². The van der Waals surface area contributed by atoms with Gasteiger partial charge in [-0.1, -0.05) is 17.7 Å². The molecule has 1 saturated heterocycles. The number of pyridine rings is 1. The van der Waals surface area contributed by atoms with Crippen LogP contribution in [0.25, 0.3) is 0 Å². The average Bonchev–Trinajstić information content (AvgIpc) is 2.72. The smallest absolute Gasteiger partial charge is 0.189 e. The van der Waals surface area contributed by atoms with Gasteiger partial charge in [-0.15, -0.1) is 0 Å². The first-order valence-corrected chi connectivity index (χ1v) is 9.63. The lowest BCUT2D eigenvalue weighted by Gasteiger charge is -2.37. The number of hydrogen-bond donors (Lipinski definition) is 1. The summed E-state index contributed by atoms with van der Waals surface area (Å²) in [4.78, 5) is 8.94. The van der Waals surface area contributed by atoms with E-state index >= 15 is 0 Å². The minimum absolute atomic E-state index is 0.612. The van der Waals surface area contributed by atoms with Gasteiger partial charge in [0.1, 0.15) is 11.4 Å². The topological polar surface area (TPSA) is 53.0 Å². The van der Waals surface area contributed by atoms with E-state index in [1.807, 2.05) is 12.1 Å². The summed E-state index contributed by atoms with van der Waals surface area (Å²) in [6, 6.07) is 12.5. The molecule has 0 saturated carbocycles. The van der Waals surface area contributed by atoms with Gasteiger partial charge in [0, 0.05) is 44.5 Å². The fourth-order valence-corrected chi connectivity index (χ4v) is 3.55. The van der Waals surface area contributed by atoms with Crippen LogP contribution in [-0.2, 0) is 0 Å². The normalized spacial score (nSPS) is 18.0. The number of hydrogen-bond acceptors (Lipinski definition) is 5. The van der Waals surface area contributed by atoms with Gasteiger partial charge in [-0.25, -0.2) is 0 Å². The van der Waals surface area contributed by atoms with E-state index in [2.05, 4.69) is 56.5 Å². The average molecular weight is 382 g/mol. The Kier molecular flexibility index (Phi) is 5.20. The Bertz CT molecular complexity index is 844. The first kappa shape index (κ1) is 17.7. The van der Waals surface area contributed by atoms with E-state index < -0.39 is 0 Å². The van der Waals surface area contributed by atoms with Crippen LogP contribution in [0.3, 0.4) is 0 Å². The zero-order valence-corrected chi connectivity index (χ0v) is 16.2. The number of hydrazone groups is 1. The zero-order valence-electron chi connectivity index (χ0n) is 15.4. The number of rotatable bonds is 2. The molecular weight excluding hydrogens is 358 g/mol. The van der Waals surface area contributed by atoms with Crippen LogP contribution < -0.4 is 15.1 Å². The van der Waals surface area contributed by atoms with Crippen molar-refractivity contribution in [3.05, 3.63) is 53.9 Å². The predicted octanol–water partition coefficient (Wildman–Crippen LogP) is 2.57. The minimum Gasteiger partial charge on any atom is -0.491 e. The third kappa shape index (κ3) is 4.03. The maximum atomic E-state index is 5.62. The van der Waals surface area contributed by atoms with Crippen LogP contribution in [0, 0.1) is 6.92 Å². The highest BCUT2D eigenvalue weighted by molar-refractivity contribution is 7.80. The summed E-state index contributed by atoms with van der Waals surface area (Å²) in [6.45, 7) is 6.37. The molecule has 2 aliphatic heterocycles. The Labute approximate surface area is 164 Å². The number of nitrogens with one attached hydrogen (secondary N) is 1. The number of nitrogens with zero attached hydrogens (tertiary/aromatic N) is 4. The van der Waals surface area contributed by atoms with E-state index in [-0.39, 0.29) is 0 Å². The quantitative estimate of drug-likeness (QED) is 0.637. The van der Waals surface area contributed by atoms with Gasteiger partial charge in [-0.05, 0) is 43.4 Å². The summed E-state index contributed by atoms with van der Waals surface area (Å²) in [7, 11) is 0. The Balaban J connectivity index is 1.34. The number of thiocarbonyl (C=S) groups is 1. The van der Waals surface area contributed by atoms with E-state index in [4.69, 9.17) is 17.0 Å². The van der Waals surface area contributed by atoms with Gasteiger partial charge in [0.2, 0.25) is 0 Å². The number of aryl methyl sites for hydroxylation is 1. The summed E-state index contributed by atoms with van der Waals surface area (Å²) >= 11 is 5.55. The monoisotopic (exact) mass is 381 g/mol. The molecule has 0 radical (unpaired) electrons. The largest absolute Gasteiger partial charge is 0.491 e. The highest BCUT2D eigenvalue weighted by Gasteiger charge is 2.21. The van der Waals surface area contributed by atoms with E-state index in [1.165, 1.54) is 11.3 Å². The maximum absolute atomic E-state index is 5.62. The Morgan fingerprint density at radius 1 is 1.15 bits per heavy atom. The van der Waals surface area contributed by atoms with Crippen LogP contribution >= 0.6 is 12.2 Å². The molecule has 1 N–H and O–H groups in total. The molecule has 140 valence electrons. The summed E-state index contributed by atoms with van der Waals surface area (Å²) in [5.41, 5.74) is 7.29. The molecular formula is C20H23N5OS. The lowest BCUT2D eigenvalue weighted by Crippen LogP contribution is -2.51. The molecule has 6 nitrogen and oxygen atoms in total. The summed E-state index contributed by atoms with van der Waals surface area (Å²) in [6.07, 6.45) is 2.48. The molecule has 0 atom stereocenters. The number of aromatic nitrogens is 1. The standard InChI is InChI=1S/C20H23N5OS/c1-15-4-6-16(7-5-15)24-10-12-25(13-11-24)20(27)23-22-17-8-14-26-18-3-2-9-21-19(17)18/h2-7,9H,8,10-14H2,1H3,(H,23,27)/b22-17-. The molecule has 27 heavy (non-hydrogen) atoms. The van der Waals surface area contributed by atoms with Crippen molar-refractivity contribution in [2.75, 3.05) is 37.7 Å². The second kappa shape index (κ2) is 7.92. The van der Waals surface area contributed by atoms with Crippen LogP contribution in [0.4, 0.5) is 5.69 Å². The van der Waals surface area contributed by atoms with Crippen LogP contribution in [0.5, 0.6) is 5.75 Å². The van der Waals surface area contributed by atoms with Crippen LogP contribution in [0.1, 0.15) is 17.7 Å². The van der Waals surface area contributed by atoms with Crippen molar-refractivity contribution < 1.29 is 4.74 Å². The fraction of sp³-hybridized carbons (Fsp3) is 0.350. The molecule has 0 spiro atoms. The van der Waals surface area contributed by atoms with Crippen molar-refractivity contribution in [3.8, 4) is 5.75 Å². The molecule has 1 aromatic carbocycles. The van der Waals surface area contributed by atoms with Crippen molar-refractivity contribution in [1.29, 1.82) is 0 Å². The molecule has 2 aliphatic rings. The van der Waals surface area contributed by atoms with Gasteiger partial charge in [0.05, 0.1) is 12.3 Å². The molecule has 0 aliphatic carbocycles. The van der Waals surface area contributed by atoms with Gasteiger partial charge < -0.3 is 14.5 Å². The summed E-state index contributed by atoms with van der Waals surface area (Å²) in [5.74, 6) is 0.780. The van der Waals surface area contributed by atoms with Crippen molar-refractivity contribution in [1.82, 2.24) is 15.3 Å². The number of ether oxygens (including phenoxy) is 1. The molecule has 1 fully saturated rings. The lowest BCUT2D eigenvalue weighted by atomic mass is 10.1. The molecule has 2 aromatic rings. The van der Waals surface area contributed by atoms with Gasteiger partial charge in [-0.2, -0.15) is 5.10 Å². The van der Waals surface area contributed by atoms with E-state index in [0.717, 1.165) is 49.8 Å². The van der Waals surface area contributed by atoms with E-state index in [9.17, 15) is 0 Å². The lowest BCUT2D eigenvalue weighted by molar-refractivity contribution is 0.318. The Morgan fingerprint density at radius 3 is 2.70 bits per heavy atom. The SMILES string of the molecule is Cc1ccc(N2CCN(C(=S)N/N=C3/CCOc4cccnc43)CC2)cc1. The number of anilines is 1. The number of benzene rings is 1. The second-order valence-electron chi connectivity index (χ2n) is 6.73.